The molecule has 0 saturated heterocycles. The van der Waals surface area contributed by atoms with Crippen molar-refractivity contribution in [2.45, 2.75) is 82.6 Å². The summed E-state index contributed by atoms with van der Waals surface area (Å²) in [5.74, 6) is 0.268. The van der Waals surface area contributed by atoms with Crippen molar-refractivity contribution in [3.8, 4) is 0 Å². The molecule has 47 heavy (non-hydrogen) atoms. The van der Waals surface area contributed by atoms with Gasteiger partial charge in [-0.25, -0.2) is 0 Å². The maximum absolute atomic E-state index is 12.1. The van der Waals surface area contributed by atoms with Crippen molar-refractivity contribution in [2.24, 2.45) is 0 Å². The maximum Gasteiger partial charge on any atom is 0.165 e. The van der Waals surface area contributed by atoms with Crippen LogP contribution in [0.1, 0.15) is 119 Å². The van der Waals surface area contributed by atoms with Gasteiger partial charge in [0.2, 0.25) is 0 Å². The van der Waals surface area contributed by atoms with Gasteiger partial charge in [0.1, 0.15) is 0 Å². The minimum atomic E-state index is -0.319. The molecule has 0 bridgehead atoms. The smallest absolute Gasteiger partial charge is 0.165 e. The third-order valence-electron chi connectivity index (χ3n) is 9.29. The number of carbonyl (C=O) groups is 1. The summed E-state index contributed by atoms with van der Waals surface area (Å²) in [6, 6.07) is 34.9. The molecule has 0 amide bonds. The zero-order chi connectivity index (χ0) is 31.8. The van der Waals surface area contributed by atoms with Crippen LogP contribution in [0.2, 0.25) is 0 Å². The average Bonchev–Trinajstić information content (AvgIpc) is 3.85. The number of Topliss-reactive ketones (excluding diaryl/α,β-unsaturated/α-hetero) is 1. The molecule has 5 unspecified atom stereocenters. The van der Waals surface area contributed by atoms with Gasteiger partial charge in [-0.3, -0.25) is 4.79 Å². The number of carbonyl (C=O) groups excluding carboxylic acids is 1. The number of aliphatic hydroxyl groups excluding tert-OH is 2. The van der Waals surface area contributed by atoms with Crippen molar-refractivity contribution in [3.63, 3.8) is 0 Å². The van der Waals surface area contributed by atoms with Gasteiger partial charge in [0.05, 0.1) is 6.10 Å². The molecule has 0 heterocycles. The summed E-state index contributed by atoms with van der Waals surface area (Å²) in [5.41, 5.74) is 10.2. The molecule has 247 valence electrons. The molecule has 4 aliphatic rings. The number of hydrogen-bond donors (Lipinski definition) is 4. The Morgan fingerprint density at radius 2 is 1.09 bits per heavy atom. The monoisotopic (exact) mass is 848 g/mol. The summed E-state index contributed by atoms with van der Waals surface area (Å²) in [4.78, 5) is 12.1. The zero-order valence-electron chi connectivity index (χ0n) is 27.7. The second-order valence-electron chi connectivity index (χ2n) is 11.9. The van der Waals surface area contributed by atoms with E-state index in [1.165, 1.54) is 33.4 Å². The molecule has 4 aliphatic carbocycles. The molecule has 0 aliphatic heterocycles. The van der Waals surface area contributed by atoms with Crippen LogP contribution in [0.4, 0.5) is 0 Å². The normalized spacial score (nSPS) is 22.2. The quantitative estimate of drug-likeness (QED) is 0.165. The van der Waals surface area contributed by atoms with Crippen LogP contribution < -0.4 is 10.6 Å². The first-order valence-electron chi connectivity index (χ1n) is 16.5. The Bertz CT molecular complexity index is 1580. The fraction of sp³-hybridized carbons (Fsp3) is 0.350. The number of ketones is 1. The SMILES string of the molecule is CCO.O.O=C1CC(NC2CCc3ccccc32)c2ccccc21.OC1CC(NC2CCc3ccccc32)c2ccccc21.[Ac].[CH2-]C. The van der Waals surface area contributed by atoms with Crippen molar-refractivity contribution >= 4 is 5.78 Å². The Labute approximate surface area is 316 Å². The van der Waals surface area contributed by atoms with Crippen molar-refractivity contribution in [2.75, 3.05) is 6.61 Å². The standard InChI is InChI=1S/C18H19NO.C18H17NO.C2H6O.C2H5.Ac.H2O/c2*20-18-11-17(14-7-3-4-8-15(14)18)19-16-10-9-12-5-1-2-6-13(12)16;1-2-3;1-2;;/h1-8,16-20H,9-11H2;1-8,16-17,19H,9-11H2;3H,2H2,1H3;1H2,2H3;;1H2/q;;;-1;;. The van der Waals surface area contributed by atoms with Crippen LogP contribution in [0.3, 0.4) is 0 Å². The van der Waals surface area contributed by atoms with Crippen molar-refractivity contribution in [3.05, 3.63) is 148 Å². The first kappa shape index (κ1) is 39.2. The van der Waals surface area contributed by atoms with E-state index < -0.39 is 0 Å². The zero-order valence-corrected chi connectivity index (χ0v) is 32.4. The third-order valence-corrected chi connectivity index (χ3v) is 9.29. The number of rotatable bonds is 4. The molecular weight excluding hydrogens is 799 g/mol. The first-order valence-corrected chi connectivity index (χ1v) is 16.5. The van der Waals surface area contributed by atoms with Crippen molar-refractivity contribution in [1.29, 1.82) is 0 Å². The Morgan fingerprint density at radius 1 is 0.660 bits per heavy atom. The van der Waals surface area contributed by atoms with Gasteiger partial charge >= 0.3 is 0 Å². The second-order valence-corrected chi connectivity index (χ2v) is 11.9. The minimum absolute atomic E-state index is 0. The Balaban J connectivity index is 0.000000217. The second kappa shape index (κ2) is 19.1. The molecular formula is C40H49AcN2O4-. The predicted molar refractivity (Wildman–Crippen MR) is 186 cm³/mol. The summed E-state index contributed by atoms with van der Waals surface area (Å²) in [6.07, 6.45) is 5.65. The van der Waals surface area contributed by atoms with Crippen LogP contribution in [0.5, 0.6) is 0 Å². The van der Waals surface area contributed by atoms with Crippen LogP contribution in [0, 0.1) is 51.0 Å². The predicted octanol–water partition coefficient (Wildman–Crippen LogP) is 7.05. The van der Waals surface area contributed by atoms with Crippen molar-refractivity contribution in [1.82, 2.24) is 10.6 Å². The topological polar surface area (TPSA) is 113 Å². The van der Waals surface area contributed by atoms with Gasteiger partial charge < -0.3 is 33.2 Å². The molecule has 0 saturated carbocycles. The van der Waals surface area contributed by atoms with Crippen molar-refractivity contribution < 1.29 is 64.5 Å². The third kappa shape index (κ3) is 9.08. The number of nitrogens with one attached hydrogen (secondary N) is 2. The van der Waals surface area contributed by atoms with E-state index in [-0.39, 0.29) is 80.1 Å². The summed E-state index contributed by atoms with van der Waals surface area (Å²) in [5, 5.41) is 25.2. The van der Waals surface area contributed by atoms with Gasteiger partial charge in [-0.1, -0.05) is 97.1 Å². The van der Waals surface area contributed by atoms with Gasteiger partial charge in [0.25, 0.3) is 0 Å². The Kier molecular flexibility index (Phi) is 15.9. The molecule has 4 aromatic rings. The summed E-state index contributed by atoms with van der Waals surface area (Å²) in [7, 11) is 0. The van der Waals surface area contributed by atoms with E-state index in [4.69, 9.17) is 5.11 Å². The van der Waals surface area contributed by atoms with Gasteiger partial charge in [-0.05, 0) is 78.0 Å². The number of fused-ring (bicyclic) bond motifs is 4. The van der Waals surface area contributed by atoms with Crippen LogP contribution in [0.15, 0.2) is 97.1 Å². The van der Waals surface area contributed by atoms with E-state index >= 15 is 0 Å². The molecule has 1 radical (unpaired) electrons. The molecule has 7 heteroatoms. The molecule has 4 aromatic carbocycles. The Morgan fingerprint density at radius 3 is 1.64 bits per heavy atom. The molecule has 0 aromatic heterocycles. The molecule has 0 spiro atoms. The van der Waals surface area contributed by atoms with Crippen LogP contribution in [-0.4, -0.2) is 28.1 Å². The Hall–Kier alpha value is -2.21. The number of aliphatic hydroxyl groups is 2. The molecule has 0 fully saturated rings. The van der Waals surface area contributed by atoms with E-state index in [0.717, 1.165) is 43.2 Å². The minimum Gasteiger partial charge on any atom is -0.412 e. The molecule has 5 atom stereocenters. The van der Waals surface area contributed by atoms with E-state index in [0.29, 0.717) is 18.5 Å². The number of hydrogen-bond acceptors (Lipinski definition) is 5. The van der Waals surface area contributed by atoms with Gasteiger partial charge in [0, 0.05) is 86.8 Å². The number of aryl methyl sites for hydroxylation is 2. The van der Waals surface area contributed by atoms with Gasteiger partial charge in [0.15, 0.2) is 5.78 Å². The fourth-order valence-corrected chi connectivity index (χ4v) is 7.32. The average molecular weight is 849 g/mol. The maximum atomic E-state index is 12.1. The first-order chi connectivity index (χ1) is 22.1. The summed E-state index contributed by atoms with van der Waals surface area (Å²) in [6.45, 7) is 6.93. The van der Waals surface area contributed by atoms with Gasteiger partial charge in [-0.15, -0.1) is 0 Å². The summed E-state index contributed by atoms with van der Waals surface area (Å²) < 4.78 is 0. The van der Waals surface area contributed by atoms with Gasteiger partial charge in [-0.2, -0.15) is 6.92 Å². The van der Waals surface area contributed by atoms with E-state index in [9.17, 15) is 9.90 Å². The number of benzene rings is 4. The van der Waals surface area contributed by atoms with Crippen LogP contribution >= 0.6 is 0 Å². The van der Waals surface area contributed by atoms with Crippen LogP contribution in [-0.2, 0) is 12.8 Å². The fourth-order valence-electron chi connectivity index (χ4n) is 7.32. The van der Waals surface area contributed by atoms with E-state index in [2.05, 4.69) is 84.3 Å². The van der Waals surface area contributed by atoms with Crippen LogP contribution in [0.25, 0.3) is 0 Å². The molecule has 6 nitrogen and oxygen atoms in total. The van der Waals surface area contributed by atoms with E-state index in [1.54, 1.807) is 13.8 Å². The summed E-state index contributed by atoms with van der Waals surface area (Å²) >= 11 is 0. The molecule has 6 N–H and O–H groups in total. The molecule has 8 rings (SSSR count). The van der Waals surface area contributed by atoms with E-state index in [1.807, 2.05) is 30.3 Å². The largest absolute Gasteiger partial charge is 0.412 e.